The number of nitrogens with zero attached hydrogens (tertiary/aromatic N) is 1. The highest BCUT2D eigenvalue weighted by molar-refractivity contribution is 7.99. The Labute approximate surface area is 204 Å². The molecule has 0 saturated carbocycles. The first kappa shape index (κ1) is 28.9. The SMILES string of the molecule is CCc1ccc(CC(SC)C(=O)N(C=O)CCCC(=O)Nc2ccc(C=O)c(N)c2)cc1.CO. The molecule has 184 valence electrons. The van der Waals surface area contributed by atoms with Crippen LogP contribution in [0, 0.1) is 0 Å². The van der Waals surface area contributed by atoms with Crippen molar-refractivity contribution in [2.75, 3.05) is 31.0 Å². The second-order valence-corrected chi connectivity index (χ2v) is 8.39. The van der Waals surface area contributed by atoms with Crippen LogP contribution in [0.2, 0.25) is 0 Å². The normalized spacial score (nSPS) is 10.9. The van der Waals surface area contributed by atoms with E-state index in [-0.39, 0.29) is 35.7 Å². The minimum absolute atomic E-state index is 0.134. The van der Waals surface area contributed by atoms with Gasteiger partial charge in [-0.1, -0.05) is 31.2 Å². The molecule has 0 spiro atoms. The van der Waals surface area contributed by atoms with Gasteiger partial charge in [-0.05, 0) is 54.8 Å². The zero-order valence-corrected chi connectivity index (χ0v) is 20.6. The number of aryl methyl sites for hydroxylation is 1. The molecule has 0 aromatic heterocycles. The van der Waals surface area contributed by atoms with E-state index < -0.39 is 0 Å². The van der Waals surface area contributed by atoms with Crippen LogP contribution >= 0.6 is 11.8 Å². The van der Waals surface area contributed by atoms with Gasteiger partial charge in [-0.25, -0.2) is 0 Å². The summed E-state index contributed by atoms with van der Waals surface area (Å²) in [5.41, 5.74) is 9.14. The van der Waals surface area contributed by atoms with Gasteiger partial charge < -0.3 is 16.2 Å². The van der Waals surface area contributed by atoms with E-state index in [1.165, 1.54) is 29.5 Å². The average Bonchev–Trinajstić information content (AvgIpc) is 2.86. The Kier molecular flexibility index (Phi) is 13.3. The van der Waals surface area contributed by atoms with E-state index >= 15 is 0 Å². The first-order valence-electron chi connectivity index (χ1n) is 10.9. The van der Waals surface area contributed by atoms with Crippen LogP contribution in [0.5, 0.6) is 0 Å². The van der Waals surface area contributed by atoms with Gasteiger partial charge in [-0.2, -0.15) is 11.8 Å². The van der Waals surface area contributed by atoms with Crippen molar-refractivity contribution in [3.63, 3.8) is 0 Å². The quantitative estimate of drug-likeness (QED) is 0.310. The highest BCUT2D eigenvalue weighted by Crippen LogP contribution is 2.19. The molecule has 0 aliphatic carbocycles. The number of carbonyl (C=O) groups is 4. The highest BCUT2D eigenvalue weighted by Gasteiger charge is 2.23. The zero-order valence-electron chi connectivity index (χ0n) is 19.8. The molecule has 0 heterocycles. The highest BCUT2D eigenvalue weighted by atomic mass is 32.2. The minimum atomic E-state index is -0.374. The number of hydrogen-bond acceptors (Lipinski definition) is 7. The Morgan fingerprint density at radius 2 is 1.76 bits per heavy atom. The molecule has 8 nitrogen and oxygen atoms in total. The molecule has 34 heavy (non-hydrogen) atoms. The number of nitrogen functional groups attached to an aromatic ring is 1. The number of rotatable bonds is 12. The van der Waals surface area contributed by atoms with Crippen molar-refractivity contribution < 1.29 is 24.3 Å². The number of nitrogens with two attached hydrogens (primary N) is 1. The average molecular weight is 488 g/mol. The summed E-state index contributed by atoms with van der Waals surface area (Å²) in [6.07, 6.45) is 4.99. The summed E-state index contributed by atoms with van der Waals surface area (Å²) in [5, 5.41) is 9.33. The topological polar surface area (TPSA) is 130 Å². The molecule has 2 aromatic rings. The van der Waals surface area contributed by atoms with Crippen molar-refractivity contribution in [3.8, 4) is 0 Å². The zero-order chi connectivity index (χ0) is 25.5. The van der Waals surface area contributed by atoms with E-state index in [9.17, 15) is 19.2 Å². The largest absolute Gasteiger partial charge is 0.400 e. The Hall–Kier alpha value is -3.17. The smallest absolute Gasteiger partial charge is 0.242 e. The number of anilines is 2. The number of imide groups is 1. The number of thioether (sulfide) groups is 1. The number of nitrogens with one attached hydrogen (secondary N) is 1. The Morgan fingerprint density at radius 1 is 1.12 bits per heavy atom. The van der Waals surface area contributed by atoms with Crippen LogP contribution in [0.4, 0.5) is 11.4 Å². The third-order valence-electron chi connectivity index (χ3n) is 5.12. The van der Waals surface area contributed by atoms with Gasteiger partial charge in [0.25, 0.3) is 0 Å². The molecule has 0 saturated heterocycles. The molecule has 1 atom stereocenters. The van der Waals surface area contributed by atoms with Crippen molar-refractivity contribution in [3.05, 3.63) is 59.2 Å². The molecule has 1 unspecified atom stereocenters. The monoisotopic (exact) mass is 487 g/mol. The van der Waals surface area contributed by atoms with Gasteiger partial charge in [-0.15, -0.1) is 0 Å². The first-order chi connectivity index (χ1) is 16.4. The summed E-state index contributed by atoms with van der Waals surface area (Å²) >= 11 is 1.41. The number of hydrogen-bond donors (Lipinski definition) is 3. The van der Waals surface area contributed by atoms with E-state index in [2.05, 4.69) is 12.2 Å². The van der Waals surface area contributed by atoms with Crippen molar-refractivity contribution in [1.82, 2.24) is 4.90 Å². The second kappa shape index (κ2) is 15.6. The number of aldehydes is 1. The predicted molar refractivity (Wildman–Crippen MR) is 137 cm³/mol. The predicted octanol–water partition coefficient (Wildman–Crippen LogP) is 2.93. The summed E-state index contributed by atoms with van der Waals surface area (Å²) in [4.78, 5) is 48.5. The second-order valence-electron chi connectivity index (χ2n) is 7.35. The van der Waals surface area contributed by atoms with Gasteiger partial charge in [0.05, 0.1) is 5.25 Å². The third-order valence-corrected chi connectivity index (χ3v) is 6.06. The van der Waals surface area contributed by atoms with Crippen LogP contribution in [0.3, 0.4) is 0 Å². The van der Waals surface area contributed by atoms with Gasteiger partial charge in [0, 0.05) is 37.0 Å². The summed E-state index contributed by atoms with van der Waals surface area (Å²) in [6, 6.07) is 12.8. The van der Waals surface area contributed by atoms with Crippen LogP contribution in [0.15, 0.2) is 42.5 Å². The summed E-state index contributed by atoms with van der Waals surface area (Å²) in [7, 11) is 1.00. The van der Waals surface area contributed by atoms with Gasteiger partial charge in [-0.3, -0.25) is 24.1 Å². The van der Waals surface area contributed by atoms with Gasteiger partial charge in [0.15, 0.2) is 6.29 Å². The standard InChI is InChI=1S/C24H29N3O4S.CH4O/c1-3-17-6-8-18(9-7-17)13-22(32-2)24(31)27(16-29)12-4-5-23(30)26-20-11-10-19(15-28)21(25)14-20;1-2/h6-11,14-16,22H,3-5,12-13,25H2,1-2H3,(H,26,30);2H,1H3. The Morgan fingerprint density at radius 3 is 2.29 bits per heavy atom. The molecule has 2 rings (SSSR count). The fraction of sp³-hybridized carbons (Fsp3) is 0.360. The molecule has 0 aliphatic rings. The maximum absolute atomic E-state index is 12.8. The van der Waals surface area contributed by atoms with Gasteiger partial charge in [0.2, 0.25) is 18.2 Å². The molecular formula is C25H33N3O5S. The lowest BCUT2D eigenvalue weighted by Gasteiger charge is -2.21. The van der Waals surface area contributed by atoms with Crippen LogP contribution in [-0.2, 0) is 27.2 Å². The molecule has 2 aromatic carbocycles. The molecule has 9 heteroatoms. The molecular weight excluding hydrogens is 454 g/mol. The van der Waals surface area contributed by atoms with E-state index in [1.54, 1.807) is 6.07 Å². The first-order valence-corrected chi connectivity index (χ1v) is 12.2. The van der Waals surface area contributed by atoms with Crippen molar-refractivity contribution in [2.24, 2.45) is 0 Å². The fourth-order valence-corrected chi connectivity index (χ4v) is 3.89. The fourth-order valence-electron chi connectivity index (χ4n) is 3.19. The van der Waals surface area contributed by atoms with E-state index in [1.807, 2.05) is 30.5 Å². The number of amides is 3. The molecule has 0 bridgehead atoms. The number of benzene rings is 2. The van der Waals surface area contributed by atoms with Crippen molar-refractivity contribution in [2.45, 2.75) is 37.9 Å². The number of carbonyl (C=O) groups excluding carboxylic acids is 4. The van der Waals surface area contributed by atoms with Crippen LogP contribution < -0.4 is 11.1 Å². The van der Waals surface area contributed by atoms with Gasteiger partial charge in [0.1, 0.15) is 0 Å². The third kappa shape index (κ3) is 8.99. The Bertz CT molecular complexity index is 950. The molecule has 3 amide bonds. The maximum Gasteiger partial charge on any atom is 0.242 e. The van der Waals surface area contributed by atoms with Gasteiger partial charge >= 0.3 is 0 Å². The minimum Gasteiger partial charge on any atom is -0.400 e. The van der Waals surface area contributed by atoms with Crippen LogP contribution in [0.1, 0.15) is 41.3 Å². The van der Waals surface area contributed by atoms with E-state index in [4.69, 9.17) is 10.8 Å². The van der Waals surface area contributed by atoms with Crippen molar-refractivity contribution in [1.29, 1.82) is 0 Å². The molecule has 4 N–H and O–H groups in total. The summed E-state index contributed by atoms with van der Waals surface area (Å²) in [6.45, 7) is 2.25. The number of aliphatic hydroxyl groups is 1. The van der Waals surface area contributed by atoms with Crippen molar-refractivity contribution >= 4 is 47.6 Å². The summed E-state index contributed by atoms with van der Waals surface area (Å²) in [5.74, 6) is -0.524. The Balaban J connectivity index is 0.00000281. The lowest BCUT2D eigenvalue weighted by molar-refractivity contribution is -0.138. The molecule has 0 aliphatic heterocycles. The number of aliphatic hydroxyl groups excluding tert-OH is 1. The molecule has 0 radical (unpaired) electrons. The molecule has 0 fully saturated rings. The lowest BCUT2D eigenvalue weighted by Crippen LogP contribution is -2.38. The maximum atomic E-state index is 12.8. The van der Waals surface area contributed by atoms with Crippen LogP contribution in [-0.4, -0.2) is 59.7 Å². The summed E-state index contributed by atoms with van der Waals surface area (Å²) < 4.78 is 0. The van der Waals surface area contributed by atoms with E-state index in [0.717, 1.165) is 24.0 Å². The van der Waals surface area contributed by atoms with Crippen LogP contribution in [0.25, 0.3) is 0 Å². The lowest BCUT2D eigenvalue weighted by atomic mass is 10.1. The van der Waals surface area contributed by atoms with E-state index in [0.29, 0.717) is 36.8 Å².